The second-order valence-electron chi connectivity index (χ2n) is 4.39. The van der Waals surface area contributed by atoms with Crippen molar-refractivity contribution in [3.05, 3.63) is 39.8 Å². The van der Waals surface area contributed by atoms with Crippen molar-refractivity contribution in [1.82, 2.24) is 4.98 Å². The predicted octanol–water partition coefficient (Wildman–Crippen LogP) is 3.33. The molecular formula is C14H16N2O3S. The number of rotatable bonds is 5. The molecule has 0 radical (unpaired) electrons. The summed E-state index contributed by atoms with van der Waals surface area (Å²) in [7, 11) is 1.56. The lowest BCUT2D eigenvalue weighted by Crippen LogP contribution is -2.08. The maximum atomic E-state index is 11.0. The number of aromatic nitrogens is 1. The third-order valence-electron chi connectivity index (χ3n) is 2.99. The highest BCUT2D eigenvalue weighted by Gasteiger charge is 2.15. The minimum absolute atomic E-state index is 0.0282. The van der Waals surface area contributed by atoms with Crippen molar-refractivity contribution in [3.8, 4) is 5.75 Å². The number of carboxylic acid groups (broad SMARTS) is 1. The molecule has 5 nitrogen and oxygen atoms in total. The van der Waals surface area contributed by atoms with E-state index in [1.165, 1.54) is 6.07 Å². The number of carboxylic acids is 1. The van der Waals surface area contributed by atoms with Crippen LogP contribution in [0, 0.1) is 6.92 Å². The zero-order valence-electron chi connectivity index (χ0n) is 11.5. The van der Waals surface area contributed by atoms with Crippen LogP contribution < -0.4 is 10.1 Å². The smallest absolute Gasteiger partial charge is 0.335 e. The lowest BCUT2D eigenvalue weighted by atomic mass is 10.1. The van der Waals surface area contributed by atoms with E-state index in [0.29, 0.717) is 11.4 Å². The number of benzene rings is 1. The van der Waals surface area contributed by atoms with Crippen molar-refractivity contribution in [3.63, 3.8) is 0 Å². The lowest BCUT2D eigenvalue weighted by molar-refractivity contribution is 0.0697. The summed E-state index contributed by atoms with van der Waals surface area (Å²) in [6, 6.07) is 4.78. The van der Waals surface area contributed by atoms with Gasteiger partial charge in [-0.05, 0) is 32.0 Å². The first-order chi connectivity index (χ1) is 9.52. The van der Waals surface area contributed by atoms with E-state index in [-0.39, 0.29) is 11.6 Å². The second-order valence-corrected chi connectivity index (χ2v) is 5.27. The molecule has 2 rings (SSSR count). The molecule has 0 fully saturated rings. The Morgan fingerprint density at radius 2 is 2.25 bits per heavy atom. The molecule has 6 heteroatoms. The molecule has 0 saturated carbocycles. The van der Waals surface area contributed by atoms with Crippen LogP contribution in [0.5, 0.6) is 5.75 Å². The van der Waals surface area contributed by atoms with Crippen LogP contribution >= 0.6 is 11.3 Å². The number of aromatic carboxylic acids is 1. The summed E-state index contributed by atoms with van der Waals surface area (Å²) < 4.78 is 5.26. The van der Waals surface area contributed by atoms with Gasteiger partial charge in [0.2, 0.25) is 0 Å². The molecular weight excluding hydrogens is 276 g/mol. The van der Waals surface area contributed by atoms with Gasteiger partial charge in [0.15, 0.2) is 0 Å². The summed E-state index contributed by atoms with van der Waals surface area (Å²) in [5, 5.41) is 12.3. The standard InChI is InChI=1S/C14H16N2O3S/c1-8-13(20-7-15-8)9(2)16-11-6-10(14(17)18)4-5-12(11)19-3/h4-7,9,16H,1-3H3,(H,17,18). The number of hydrogen-bond acceptors (Lipinski definition) is 5. The number of aryl methyl sites for hydroxylation is 1. The summed E-state index contributed by atoms with van der Waals surface area (Å²) in [6.07, 6.45) is 0. The van der Waals surface area contributed by atoms with Gasteiger partial charge >= 0.3 is 5.97 Å². The fourth-order valence-electron chi connectivity index (χ4n) is 1.98. The SMILES string of the molecule is COc1ccc(C(=O)O)cc1NC(C)c1scnc1C. The molecule has 0 spiro atoms. The largest absolute Gasteiger partial charge is 0.495 e. The predicted molar refractivity (Wildman–Crippen MR) is 78.8 cm³/mol. The van der Waals surface area contributed by atoms with Crippen molar-refractivity contribution in [2.45, 2.75) is 19.9 Å². The van der Waals surface area contributed by atoms with Crippen LogP contribution in [0.15, 0.2) is 23.7 Å². The maximum absolute atomic E-state index is 11.0. The van der Waals surface area contributed by atoms with Gasteiger partial charge in [-0.1, -0.05) is 0 Å². The molecule has 0 bridgehead atoms. The minimum atomic E-state index is -0.961. The van der Waals surface area contributed by atoms with E-state index in [1.807, 2.05) is 13.8 Å². The van der Waals surface area contributed by atoms with Crippen molar-refractivity contribution in [2.24, 2.45) is 0 Å². The molecule has 0 aliphatic rings. The minimum Gasteiger partial charge on any atom is -0.495 e. The summed E-state index contributed by atoms with van der Waals surface area (Å²) in [4.78, 5) is 16.4. The first-order valence-corrected chi connectivity index (χ1v) is 6.98. The highest BCUT2D eigenvalue weighted by molar-refractivity contribution is 7.09. The number of carbonyl (C=O) groups is 1. The molecule has 0 amide bonds. The molecule has 1 aromatic carbocycles. The Hall–Kier alpha value is -2.08. The Bertz CT molecular complexity index is 625. The molecule has 106 valence electrons. The van der Waals surface area contributed by atoms with Crippen LogP contribution in [0.4, 0.5) is 5.69 Å². The van der Waals surface area contributed by atoms with Crippen molar-refractivity contribution in [2.75, 3.05) is 12.4 Å². The first-order valence-electron chi connectivity index (χ1n) is 6.10. The molecule has 0 aliphatic heterocycles. The Kier molecular flexibility index (Phi) is 4.24. The molecule has 1 heterocycles. The fourth-order valence-corrected chi connectivity index (χ4v) is 2.79. The Balaban J connectivity index is 2.29. The average Bonchev–Trinajstić information content (AvgIpc) is 2.84. The van der Waals surface area contributed by atoms with Gasteiger partial charge in [-0.25, -0.2) is 9.78 Å². The Labute approximate surface area is 121 Å². The molecule has 2 N–H and O–H groups in total. The number of hydrogen-bond donors (Lipinski definition) is 2. The molecule has 1 atom stereocenters. The zero-order valence-corrected chi connectivity index (χ0v) is 12.3. The molecule has 20 heavy (non-hydrogen) atoms. The fraction of sp³-hybridized carbons (Fsp3) is 0.286. The van der Waals surface area contributed by atoms with Gasteiger partial charge in [-0.2, -0.15) is 0 Å². The quantitative estimate of drug-likeness (QED) is 0.884. The summed E-state index contributed by atoms with van der Waals surface area (Å²) in [5.41, 5.74) is 3.66. The van der Waals surface area contributed by atoms with Gasteiger partial charge in [0.05, 0.1) is 35.6 Å². The highest BCUT2D eigenvalue weighted by atomic mass is 32.1. The number of methoxy groups -OCH3 is 1. The zero-order chi connectivity index (χ0) is 14.7. The number of ether oxygens (including phenoxy) is 1. The van der Waals surface area contributed by atoms with Gasteiger partial charge in [0.1, 0.15) is 5.75 Å². The van der Waals surface area contributed by atoms with Crippen LogP contribution in [-0.2, 0) is 0 Å². The van der Waals surface area contributed by atoms with E-state index < -0.39 is 5.97 Å². The van der Waals surface area contributed by atoms with Crippen LogP contribution in [0.25, 0.3) is 0 Å². The molecule has 0 aliphatic carbocycles. The van der Waals surface area contributed by atoms with Crippen molar-refractivity contribution >= 4 is 23.0 Å². The number of nitrogens with zero attached hydrogens (tertiary/aromatic N) is 1. The van der Waals surface area contributed by atoms with Gasteiger partial charge in [-0.3, -0.25) is 0 Å². The van der Waals surface area contributed by atoms with Crippen LogP contribution in [0.3, 0.4) is 0 Å². The van der Waals surface area contributed by atoms with E-state index in [2.05, 4.69) is 10.3 Å². The second kappa shape index (κ2) is 5.92. The summed E-state index contributed by atoms with van der Waals surface area (Å²) in [5.74, 6) is -0.346. The molecule has 0 saturated heterocycles. The van der Waals surface area contributed by atoms with Crippen molar-refractivity contribution in [1.29, 1.82) is 0 Å². The van der Waals surface area contributed by atoms with Crippen LogP contribution in [-0.4, -0.2) is 23.2 Å². The third-order valence-corrected chi connectivity index (χ3v) is 4.11. The lowest BCUT2D eigenvalue weighted by Gasteiger charge is -2.17. The Morgan fingerprint density at radius 1 is 1.50 bits per heavy atom. The number of anilines is 1. The number of thiazole rings is 1. The van der Waals surface area contributed by atoms with E-state index in [4.69, 9.17) is 9.84 Å². The van der Waals surface area contributed by atoms with E-state index in [0.717, 1.165) is 10.6 Å². The number of nitrogens with one attached hydrogen (secondary N) is 1. The van der Waals surface area contributed by atoms with Gasteiger partial charge < -0.3 is 15.2 Å². The van der Waals surface area contributed by atoms with Crippen LogP contribution in [0.1, 0.15) is 33.9 Å². The van der Waals surface area contributed by atoms with E-state index in [1.54, 1.807) is 36.1 Å². The maximum Gasteiger partial charge on any atom is 0.335 e. The normalized spacial score (nSPS) is 11.9. The molecule has 1 aromatic heterocycles. The van der Waals surface area contributed by atoms with E-state index in [9.17, 15) is 4.79 Å². The first kappa shape index (κ1) is 14.3. The monoisotopic (exact) mass is 292 g/mol. The highest BCUT2D eigenvalue weighted by Crippen LogP contribution is 2.31. The van der Waals surface area contributed by atoms with Crippen molar-refractivity contribution < 1.29 is 14.6 Å². The third kappa shape index (κ3) is 2.91. The summed E-state index contributed by atoms with van der Waals surface area (Å²) >= 11 is 1.57. The van der Waals surface area contributed by atoms with Gasteiger partial charge in [0, 0.05) is 4.88 Å². The Morgan fingerprint density at radius 3 is 2.80 bits per heavy atom. The molecule has 2 aromatic rings. The van der Waals surface area contributed by atoms with E-state index >= 15 is 0 Å². The van der Waals surface area contributed by atoms with Gasteiger partial charge in [-0.15, -0.1) is 11.3 Å². The topological polar surface area (TPSA) is 71.5 Å². The van der Waals surface area contributed by atoms with Crippen LogP contribution in [0.2, 0.25) is 0 Å². The molecule has 1 unspecified atom stereocenters. The average molecular weight is 292 g/mol. The van der Waals surface area contributed by atoms with Gasteiger partial charge in [0.25, 0.3) is 0 Å². The summed E-state index contributed by atoms with van der Waals surface area (Å²) in [6.45, 7) is 3.96.